The average molecular weight is 254 g/mol. The van der Waals surface area contributed by atoms with Crippen LogP contribution in [0.5, 0.6) is 0 Å². The molecular formula is C17H22N2. The highest BCUT2D eigenvalue weighted by atomic mass is 15.1. The molecular weight excluding hydrogens is 232 g/mol. The SMILES string of the molecule is CCN(Cc1cccc(N)c1)Cc1ccccc1C. The Bertz CT molecular complexity index is 534. The molecule has 0 saturated carbocycles. The fraction of sp³-hybridized carbons (Fsp3) is 0.294. The van der Waals surface area contributed by atoms with Gasteiger partial charge in [0, 0.05) is 18.8 Å². The molecule has 2 aromatic rings. The summed E-state index contributed by atoms with van der Waals surface area (Å²) in [6.07, 6.45) is 0. The van der Waals surface area contributed by atoms with E-state index >= 15 is 0 Å². The highest BCUT2D eigenvalue weighted by Gasteiger charge is 2.06. The quantitative estimate of drug-likeness (QED) is 0.826. The minimum Gasteiger partial charge on any atom is -0.399 e. The average Bonchev–Trinajstić information content (AvgIpc) is 2.40. The molecule has 2 rings (SSSR count). The molecule has 0 amide bonds. The Labute approximate surface area is 115 Å². The number of hydrogen-bond donors (Lipinski definition) is 1. The zero-order valence-corrected chi connectivity index (χ0v) is 11.8. The number of rotatable bonds is 5. The van der Waals surface area contributed by atoms with Crippen LogP contribution in [-0.4, -0.2) is 11.4 Å². The van der Waals surface area contributed by atoms with E-state index in [1.165, 1.54) is 16.7 Å². The minimum atomic E-state index is 0.837. The van der Waals surface area contributed by atoms with Gasteiger partial charge in [0.25, 0.3) is 0 Å². The zero-order chi connectivity index (χ0) is 13.7. The molecule has 0 heterocycles. The highest BCUT2D eigenvalue weighted by Crippen LogP contribution is 2.14. The van der Waals surface area contributed by atoms with Gasteiger partial charge in [0.15, 0.2) is 0 Å². The topological polar surface area (TPSA) is 29.3 Å². The van der Waals surface area contributed by atoms with Crippen LogP contribution in [0.3, 0.4) is 0 Å². The maximum absolute atomic E-state index is 5.83. The van der Waals surface area contributed by atoms with Crippen molar-refractivity contribution in [3.05, 3.63) is 65.2 Å². The van der Waals surface area contributed by atoms with Gasteiger partial charge in [-0.2, -0.15) is 0 Å². The lowest BCUT2D eigenvalue weighted by Gasteiger charge is -2.21. The third-order valence-corrected chi connectivity index (χ3v) is 3.46. The van der Waals surface area contributed by atoms with E-state index < -0.39 is 0 Å². The van der Waals surface area contributed by atoms with E-state index in [9.17, 15) is 0 Å². The second-order valence-corrected chi connectivity index (χ2v) is 4.97. The molecule has 0 aliphatic carbocycles. The molecule has 2 N–H and O–H groups in total. The summed E-state index contributed by atoms with van der Waals surface area (Å²) in [6.45, 7) is 7.32. The molecule has 0 atom stereocenters. The fourth-order valence-electron chi connectivity index (χ4n) is 2.26. The Morgan fingerprint density at radius 1 is 1.00 bits per heavy atom. The van der Waals surface area contributed by atoms with Crippen molar-refractivity contribution in [3.63, 3.8) is 0 Å². The number of nitrogens with two attached hydrogens (primary N) is 1. The first kappa shape index (κ1) is 13.6. The Morgan fingerprint density at radius 3 is 2.47 bits per heavy atom. The van der Waals surface area contributed by atoms with E-state index in [4.69, 9.17) is 5.73 Å². The molecule has 0 radical (unpaired) electrons. The first-order valence-electron chi connectivity index (χ1n) is 6.80. The van der Waals surface area contributed by atoms with Gasteiger partial charge in [0.1, 0.15) is 0 Å². The summed E-state index contributed by atoms with van der Waals surface area (Å²) in [7, 11) is 0. The predicted molar refractivity (Wildman–Crippen MR) is 81.8 cm³/mol. The van der Waals surface area contributed by atoms with Crippen LogP contribution in [0.15, 0.2) is 48.5 Å². The Morgan fingerprint density at radius 2 is 1.79 bits per heavy atom. The summed E-state index contributed by atoms with van der Waals surface area (Å²) in [5.74, 6) is 0. The van der Waals surface area contributed by atoms with Crippen molar-refractivity contribution in [2.75, 3.05) is 12.3 Å². The Balaban J connectivity index is 2.07. The molecule has 19 heavy (non-hydrogen) atoms. The van der Waals surface area contributed by atoms with Gasteiger partial charge in [0.05, 0.1) is 0 Å². The molecule has 0 aliphatic rings. The zero-order valence-electron chi connectivity index (χ0n) is 11.8. The normalized spacial score (nSPS) is 10.9. The number of anilines is 1. The van der Waals surface area contributed by atoms with Crippen LogP contribution < -0.4 is 5.73 Å². The summed E-state index contributed by atoms with van der Waals surface area (Å²) in [4.78, 5) is 2.43. The van der Waals surface area contributed by atoms with Gasteiger partial charge in [-0.05, 0) is 42.3 Å². The van der Waals surface area contributed by atoms with Gasteiger partial charge in [-0.25, -0.2) is 0 Å². The molecule has 0 aliphatic heterocycles. The maximum Gasteiger partial charge on any atom is 0.0317 e. The summed E-state index contributed by atoms with van der Waals surface area (Å²) < 4.78 is 0. The van der Waals surface area contributed by atoms with Gasteiger partial charge < -0.3 is 5.73 Å². The van der Waals surface area contributed by atoms with Gasteiger partial charge >= 0.3 is 0 Å². The molecule has 0 fully saturated rings. The lowest BCUT2D eigenvalue weighted by Crippen LogP contribution is -2.22. The van der Waals surface area contributed by atoms with Gasteiger partial charge in [0.2, 0.25) is 0 Å². The van der Waals surface area contributed by atoms with E-state index in [0.717, 1.165) is 25.3 Å². The van der Waals surface area contributed by atoms with E-state index in [-0.39, 0.29) is 0 Å². The van der Waals surface area contributed by atoms with Crippen LogP contribution in [0.25, 0.3) is 0 Å². The molecule has 2 heteroatoms. The van der Waals surface area contributed by atoms with Crippen LogP contribution in [-0.2, 0) is 13.1 Å². The van der Waals surface area contributed by atoms with Crippen molar-refractivity contribution in [2.45, 2.75) is 26.9 Å². The fourth-order valence-corrected chi connectivity index (χ4v) is 2.26. The van der Waals surface area contributed by atoms with E-state index in [1.54, 1.807) is 0 Å². The predicted octanol–water partition coefficient (Wildman–Crippen LogP) is 3.60. The van der Waals surface area contributed by atoms with Crippen molar-refractivity contribution in [1.29, 1.82) is 0 Å². The smallest absolute Gasteiger partial charge is 0.0317 e. The second-order valence-electron chi connectivity index (χ2n) is 4.97. The molecule has 0 bridgehead atoms. The molecule has 0 aromatic heterocycles. The molecule has 2 aromatic carbocycles. The Kier molecular flexibility index (Phi) is 4.58. The van der Waals surface area contributed by atoms with Crippen LogP contribution in [0.1, 0.15) is 23.6 Å². The standard InChI is InChI=1S/C17H22N2/c1-3-19(12-15-8-6-10-17(18)11-15)13-16-9-5-4-7-14(16)2/h4-11H,3,12-13,18H2,1-2H3. The van der Waals surface area contributed by atoms with Gasteiger partial charge in [-0.1, -0.05) is 43.3 Å². The summed E-state index contributed by atoms with van der Waals surface area (Å²) >= 11 is 0. The lowest BCUT2D eigenvalue weighted by atomic mass is 10.1. The van der Waals surface area contributed by atoms with E-state index in [2.05, 4.69) is 55.1 Å². The van der Waals surface area contributed by atoms with Gasteiger partial charge in [-0.15, -0.1) is 0 Å². The maximum atomic E-state index is 5.83. The number of aryl methyl sites for hydroxylation is 1. The molecule has 0 saturated heterocycles. The van der Waals surface area contributed by atoms with Crippen LogP contribution in [0.4, 0.5) is 5.69 Å². The first-order chi connectivity index (χ1) is 9.19. The van der Waals surface area contributed by atoms with Crippen molar-refractivity contribution in [3.8, 4) is 0 Å². The van der Waals surface area contributed by atoms with Crippen LogP contribution in [0.2, 0.25) is 0 Å². The van der Waals surface area contributed by atoms with Crippen molar-refractivity contribution < 1.29 is 0 Å². The Hall–Kier alpha value is -1.80. The number of hydrogen-bond acceptors (Lipinski definition) is 2. The summed E-state index contributed by atoms with van der Waals surface area (Å²) in [5.41, 5.74) is 10.7. The van der Waals surface area contributed by atoms with E-state index in [1.807, 2.05) is 12.1 Å². The van der Waals surface area contributed by atoms with E-state index in [0.29, 0.717) is 0 Å². The number of nitrogens with zero attached hydrogens (tertiary/aromatic N) is 1. The van der Waals surface area contributed by atoms with Crippen molar-refractivity contribution >= 4 is 5.69 Å². The third kappa shape index (κ3) is 3.83. The van der Waals surface area contributed by atoms with Crippen LogP contribution in [0, 0.1) is 6.92 Å². The monoisotopic (exact) mass is 254 g/mol. The molecule has 100 valence electrons. The van der Waals surface area contributed by atoms with Crippen molar-refractivity contribution in [2.24, 2.45) is 0 Å². The minimum absolute atomic E-state index is 0.837. The lowest BCUT2D eigenvalue weighted by molar-refractivity contribution is 0.271. The summed E-state index contributed by atoms with van der Waals surface area (Å²) in [5, 5.41) is 0. The largest absolute Gasteiger partial charge is 0.399 e. The number of nitrogen functional groups attached to an aromatic ring is 1. The highest BCUT2D eigenvalue weighted by molar-refractivity contribution is 5.40. The molecule has 0 spiro atoms. The first-order valence-corrected chi connectivity index (χ1v) is 6.80. The van der Waals surface area contributed by atoms with Crippen molar-refractivity contribution in [1.82, 2.24) is 4.90 Å². The summed E-state index contributed by atoms with van der Waals surface area (Å²) in [6, 6.07) is 16.7. The van der Waals surface area contributed by atoms with Gasteiger partial charge in [-0.3, -0.25) is 4.90 Å². The molecule has 0 unspecified atom stereocenters. The third-order valence-electron chi connectivity index (χ3n) is 3.46. The number of benzene rings is 2. The second kappa shape index (κ2) is 6.39. The molecule has 2 nitrogen and oxygen atoms in total. The van der Waals surface area contributed by atoms with Crippen LogP contribution >= 0.6 is 0 Å².